The topological polar surface area (TPSA) is 96.7 Å². The number of aromatic hydroxyl groups is 2. The van der Waals surface area contributed by atoms with Crippen LogP contribution in [0.2, 0.25) is 0 Å². The van der Waals surface area contributed by atoms with Gasteiger partial charge in [0.15, 0.2) is 0 Å². The zero-order chi connectivity index (χ0) is 20.3. The van der Waals surface area contributed by atoms with Crippen LogP contribution < -0.4 is 0 Å². The van der Waals surface area contributed by atoms with Crippen molar-refractivity contribution in [3.63, 3.8) is 0 Å². The zero-order valence-corrected chi connectivity index (χ0v) is 24.4. The molecule has 1 aliphatic carbocycles. The first-order chi connectivity index (χ1) is 13.3. The van der Waals surface area contributed by atoms with E-state index in [1.54, 1.807) is 12.4 Å². The second-order valence-electron chi connectivity index (χ2n) is 8.01. The van der Waals surface area contributed by atoms with E-state index in [4.69, 9.17) is 9.98 Å². The van der Waals surface area contributed by atoms with E-state index in [2.05, 4.69) is 0 Å². The number of aryl methyl sites for hydroxylation is 4. The van der Waals surface area contributed by atoms with Gasteiger partial charge >= 0.3 is 0 Å². The van der Waals surface area contributed by atoms with E-state index >= 15 is 0 Å². The number of phenolic OH excluding ortho intramolecular Hbond substituents is 2. The summed E-state index contributed by atoms with van der Waals surface area (Å²) in [5.41, 5.74) is 5.48. The number of nitrogens with zero attached hydrogens (tertiary/aromatic N) is 2. The third-order valence-electron chi connectivity index (χ3n) is 5.45. The van der Waals surface area contributed by atoms with Gasteiger partial charge in [0, 0.05) is 84.4 Å². The van der Waals surface area contributed by atoms with Crippen LogP contribution in [0.15, 0.2) is 34.3 Å². The summed E-state index contributed by atoms with van der Waals surface area (Å²) in [6.07, 6.45) is 7.85. The minimum absolute atomic E-state index is 0. The molecule has 0 amide bonds. The summed E-state index contributed by atoms with van der Waals surface area (Å²) in [4.78, 5) is 9.57. The molecule has 2 atom stereocenters. The molecule has 2 aromatic carbocycles. The van der Waals surface area contributed by atoms with Crippen molar-refractivity contribution in [2.45, 2.75) is 65.5 Å². The van der Waals surface area contributed by atoms with E-state index in [0.29, 0.717) is 11.5 Å². The van der Waals surface area contributed by atoms with Gasteiger partial charge in [-0.3, -0.25) is 9.98 Å². The standard InChI is InChI=1S/C24H30N2O2.Ac.Co.H2O/c1-15-9-17(3)23(27)19(11-15)13-25-21-7-5-6-8-22(21)26-14-20-12-16(2)10-18(4)24(20)28;;;/h9-14,21-22,27-28H,5-8H2,1-4H3;;;1H2/t21-,22-;;;/m0.../s1. The minimum atomic E-state index is 0. The maximum atomic E-state index is 10.3. The molecule has 4 N–H and O–H groups in total. The number of benzene rings is 2. The third-order valence-corrected chi connectivity index (χ3v) is 5.45. The molecule has 5 nitrogen and oxygen atoms in total. The molecule has 31 heavy (non-hydrogen) atoms. The third kappa shape index (κ3) is 7.98. The Kier molecular flexibility index (Phi) is 13.4. The first-order valence-corrected chi connectivity index (χ1v) is 10.0. The molecule has 3 rings (SSSR count). The van der Waals surface area contributed by atoms with Gasteiger partial charge in [0.2, 0.25) is 0 Å². The molecule has 2 radical (unpaired) electrons. The van der Waals surface area contributed by atoms with Gasteiger partial charge in [-0.1, -0.05) is 25.0 Å². The van der Waals surface area contributed by atoms with E-state index in [-0.39, 0.29) is 78.4 Å². The van der Waals surface area contributed by atoms with Gasteiger partial charge in [-0.05, 0) is 74.9 Å². The van der Waals surface area contributed by atoms with Gasteiger partial charge in [-0.25, -0.2) is 0 Å². The van der Waals surface area contributed by atoms with Crippen LogP contribution in [0.4, 0.5) is 0 Å². The molecule has 1 aliphatic rings. The van der Waals surface area contributed by atoms with Crippen molar-refractivity contribution >= 4 is 12.4 Å². The summed E-state index contributed by atoms with van der Waals surface area (Å²) in [6, 6.07) is 8.05. The number of rotatable bonds is 4. The average Bonchev–Trinajstić information content (AvgIpc) is 2.65. The van der Waals surface area contributed by atoms with Gasteiger partial charge < -0.3 is 15.7 Å². The van der Waals surface area contributed by atoms with Gasteiger partial charge in [-0.2, -0.15) is 0 Å². The molecule has 0 heterocycles. The first-order valence-electron chi connectivity index (χ1n) is 10.0. The van der Waals surface area contributed by atoms with Crippen molar-refractivity contribution in [1.29, 1.82) is 0 Å². The van der Waals surface area contributed by atoms with Crippen molar-refractivity contribution in [3.05, 3.63) is 57.6 Å². The molecule has 1 fully saturated rings. The van der Waals surface area contributed by atoms with Crippen LogP contribution in [0, 0.1) is 71.8 Å². The van der Waals surface area contributed by atoms with Gasteiger partial charge in [0.05, 0.1) is 12.1 Å². The largest absolute Gasteiger partial charge is 0.507 e. The van der Waals surface area contributed by atoms with Crippen LogP contribution >= 0.6 is 0 Å². The summed E-state index contributed by atoms with van der Waals surface area (Å²) in [5, 5.41) is 20.6. The van der Waals surface area contributed by atoms with Crippen molar-refractivity contribution in [3.8, 4) is 11.5 Å². The molecule has 2 aromatic rings. The molecule has 0 aromatic heterocycles. The Labute approximate surface area is 231 Å². The molecule has 0 bridgehead atoms. The Morgan fingerprint density at radius 1 is 0.742 bits per heavy atom. The molecule has 7 heteroatoms. The quantitative estimate of drug-likeness (QED) is 0.470. The fraction of sp³-hybridized carbons (Fsp3) is 0.417. The second-order valence-corrected chi connectivity index (χ2v) is 8.01. The number of hydrogen-bond acceptors (Lipinski definition) is 4. The van der Waals surface area contributed by atoms with Crippen molar-refractivity contribution in [2.75, 3.05) is 0 Å². The van der Waals surface area contributed by atoms with Crippen LogP contribution in [0.1, 0.15) is 59.1 Å². The summed E-state index contributed by atoms with van der Waals surface area (Å²) < 4.78 is 0. The fourth-order valence-electron chi connectivity index (χ4n) is 3.97. The van der Waals surface area contributed by atoms with Crippen molar-refractivity contribution in [1.82, 2.24) is 0 Å². The van der Waals surface area contributed by atoms with Crippen LogP contribution in [-0.4, -0.2) is 40.2 Å². The summed E-state index contributed by atoms with van der Waals surface area (Å²) in [7, 11) is 0. The second kappa shape index (κ2) is 13.7. The summed E-state index contributed by atoms with van der Waals surface area (Å²) >= 11 is 0. The smallest absolute Gasteiger partial charge is 0.127 e. The Morgan fingerprint density at radius 2 is 1.10 bits per heavy atom. The summed E-state index contributed by atoms with van der Waals surface area (Å²) in [5.74, 6) is 0.593. The first kappa shape index (κ1) is 30.3. The predicted octanol–water partition coefficient (Wildman–Crippen LogP) is 4.35. The number of aliphatic imine (C=N–C) groups is 2. The average molecular weight is 682 g/mol. The van der Waals surface area contributed by atoms with Crippen LogP contribution in [0.3, 0.4) is 0 Å². The zero-order valence-electron chi connectivity index (χ0n) is 18.6. The van der Waals surface area contributed by atoms with E-state index in [1.807, 2.05) is 52.0 Å². The molecule has 168 valence electrons. The maximum Gasteiger partial charge on any atom is 0.127 e. The Morgan fingerprint density at radius 3 is 1.45 bits per heavy atom. The Hall–Kier alpha value is -0.712. The van der Waals surface area contributed by atoms with Crippen molar-refractivity contribution in [2.24, 2.45) is 9.98 Å². The maximum absolute atomic E-state index is 10.3. The molecule has 0 spiro atoms. The van der Waals surface area contributed by atoms with Crippen LogP contribution in [0.25, 0.3) is 0 Å². The van der Waals surface area contributed by atoms with E-state index in [0.717, 1.165) is 59.1 Å². The number of hydrogen-bond donors (Lipinski definition) is 2. The van der Waals surface area contributed by atoms with E-state index < -0.39 is 0 Å². The molecule has 0 saturated heterocycles. The molecule has 1 saturated carbocycles. The monoisotopic (exact) mass is 682 g/mol. The molecular formula is C24H32AcCoN2O3. The van der Waals surface area contributed by atoms with Crippen LogP contribution in [-0.2, 0) is 16.8 Å². The van der Waals surface area contributed by atoms with E-state index in [1.165, 1.54) is 0 Å². The van der Waals surface area contributed by atoms with Crippen molar-refractivity contribution < 1.29 is 76.5 Å². The normalized spacial score (nSPS) is 18.3. The summed E-state index contributed by atoms with van der Waals surface area (Å²) in [6.45, 7) is 7.86. The number of phenols is 2. The Bertz CT molecular complexity index is 856. The van der Waals surface area contributed by atoms with Gasteiger partial charge in [-0.15, -0.1) is 0 Å². The SMILES string of the molecule is Cc1cc(C)c(O)c(C=N[C@H]2CCCC[C@@H]2N=Cc2cc(C)cc(C)c2O)c1.O.[Ac].[Co]. The molecule has 0 aliphatic heterocycles. The van der Waals surface area contributed by atoms with Gasteiger partial charge in [0.1, 0.15) is 11.5 Å². The predicted molar refractivity (Wildman–Crippen MR) is 120 cm³/mol. The molecule has 0 unspecified atom stereocenters. The van der Waals surface area contributed by atoms with Gasteiger partial charge in [0.25, 0.3) is 0 Å². The minimum Gasteiger partial charge on any atom is -0.507 e. The van der Waals surface area contributed by atoms with E-state index in [9.17, 15) is 10.2 Å². The Balaban J connectivity index is 0.00000300. The molecular weight excluding hydrogens is 650 g/mol. The van der Waals surface area contributed by atoms with Crippen LogP contribution in [0.5, 0.6) is 11.5 Å². The fourth-order valence-corrected chi connectivity index (χ4v) is 3.97.